The first kappa shape index (κ1) is 23.1. The summed E-state index contributed by atoms with van der Waals surface area (Å²) in [5, 5.41) is 3.55. The van der Waals surface area contributed by atoms with E-state index in [-0.39, 0.29) is 24.0 Å². The number of rotatable bonds is 5. The predicted molar refractivity (Wildman–Crippen MR) is 119 cm³/mol. The summed E-state index contributed by atoms with van der Waals surface area (Å²) in [4.78, 5) is -0.114. The summed E-state index contributed by atoms with van der Waals surface area (Å²) in [7, 11) is -3.95. The number of hydrogen-bond acceptors (Lipinski definition) is 3. The molecular weight excluding hydrogens is 437 g/mol. The lowest BCUT2D eigenvalue weighted by molar-refractivity contribution is -0.137. The number of nitrogens with zero attached hydrogens (tertiary/aromatic N) is 1. The van der Waals surface area contributed by atoms with E-state index in [1.54, 1.807) is 0 Å². The van der Waals surface area contributed by atoms with Crippen molar-refractivity contribution in [1.29, 1.82) is 0 Å². The normalized spacial score (nSPS) is 20.6. The number of benzene rings is 2. The topological polar surface area (TPSA) is 49.4 Å². The third-order valence-electron chi connectivity index (χ3n) is 6.75. The molecule has 0 amide bonds. The number of hydrogen-bond donors (Lipinski definition) is 1. The molecule has 2 aromatic rings. The smallest absolute Gasteiger partial charge is 0.381 e. The van der Waals surface area contributed by atoms with Crippen LogP contribution in [0.4, 0.5) is 18.9 Å². The average Bonchev–Trinajstić information content (AvgIpc) is 3.18. The van der Waals surface area contributed by atoms with E-state index in [2.05, 4.69) is 5.32 Å². The maximum atomic E-state index is 13.4. The summed E-state index contributed by atoms with van der Waals surface area (Å²) in [6, 6.07) is 9.60. The third kappa shape index (κ3) is 4.96. The van der Waals surface area contributed by atoms with Crippen LogP contribution in [0.5, 0.6) is 0 Å². The van der Waals surface area contributed by atoms with E-state index in [0.717, 1.165) is 53.9 Å². The van der Waals surface area contributed by atoms with Crippen LogP contribution in [-0.2, 0) is 22.7 Å². The van der Waals surface area contributed by atoms with Crippen molar-refractivity contribution in [3.05, 3.63) is 59.2 Å². The van der Waals surface area contributed by atoms with Crippen LogP contribution in [0.25, 0.3) is 0 Å². The molecule has 1 saturated carbocycles. The predicted octanol–water partition coefficient (Wildman–Crippen LogP) is 5.97. The molecule has 1 heterocycles. The molecule has 1 aliphatic heterocycles. The number of halogens is 3. The summed E-state index contributed by atoms with van der Waals surface area (Å²) in [5.41, 5.74) is 1.97. The molecule has 0 saturated heterocycles. The maximum Gasteiger partial charge on any atom is 0.416 e. The Bertz CT molecular complexity index is 1050. The van der Waals surface area contributed by atoms with Crippen molar-refractivity contribution in [3.63, 3.8) is 0 Å². The molecule has 32 heavy (non-hydrogen) atoms. The van der Waals surface area contributed by atoms with Gasteiger partial charge in [-0.15, -0.1) is 0 Å². The van der Waals surface area contributed by atoms with E-state index < -0.39 is 21.8 Å². The molecule has 1 aliphatic carbocycles. The van der Waals surface area contributed by atoms with Gasteiger partial charge in [-0.25, -0.2) is 8.42 Å². The first-order chi connectivity index (χ1) is 15.1. The van der Waals surface area contributed by atoms with Gasteiger partial charge in [0.15, 0.2) is 0 Å². The minimum Gasteiger partial charge on any atom is -0.381 e. The summed E-state index contributed by atoms with van der Waals surface area (Å²) in [6.45, 7) is 2.42. The second-order valence-electron chi connectivity index (χ2n) is 8.99. The van der Waals surface area contributed by atoms with Crippen LogP contribution in [0.15, 0.2) is 47.4 Å². The maximum absolute atomic E-state index is 13.4. The van der Waals surface area contributed by atoms with Crippen LogP contribution in [0.3, 0.4) is 0 Å². The fraction of sp³-hybridized carbons (Fsp3) is 0.500. The number of aryl methyl sites for hydroxylation is 1. The van der Waals surface area contributed by atoms with E-state index in [4.69, 9.17) is 0 Å². The minimum absolute atomic E-state index is 0.0529. The van der Waals surface area contributed by atoms with E-state index in [9.17, 15) is 21.6 Å². The van der Waals surface area contributed by atoms with Crippen molar-refractivity contribution >= 4 is 15.7 Å². The van der Waals surface area contributed by atoms with Gasteiger partial charge < -0.3 is 5.32 Å². The van der Waals surface area contributed by atoms with Crippen molar-refractivity contribution < 1.29 is 21.6 Å². The number of alkyl halides is 3. The van der Waals surface area contributed by atoms with Crippen LogP contribution < -0.4 is 5.32 Å². The Morgan fingerprint density at radius 2 is 1.72 bits per heavy atom. The highest BCUT2D eigenvalue weighted by atomic mass is 32.2. The molecule has 2 aliphatic rings. The standard InChI is InChI=1S/C24H29F3N2O2S/c1-17-5-4-8-23-22(17)16-29(15-20(28-23)12-9-18-6-2-3-7-18)32(30,31)21-13-10-19(11-14-21)24(25,26)27/h4-5,8,10-11,13-14,18,20,28H,2-3,6-7,9,12,15-16H2,1H3/t20-/m0/s1. The molecule has 0 spiro atoms. The van der Waals surface area contributed by atoms with Gasteiger partial charge in [0, 0.05) is 24.8 Å². The largest absolute Gasteiger partial charge is 0.416 e. The fourth-order valence-corrected chi connectivity index (χ4v) is 6.30. The van der Waals surface area contributed by atoms with E-state index in [0.29, 0.717) is 5.92 Å². The lowest BCUT2D eigenvalue weighted by Gasteiger charge is -2.25. The van der Waals surface area contributed by atoms with Crippen LogP contribution in [0.2, 0.25) is 0 Å². The van der Waals surface area contributed by atoms with E-state index >= 15 is 0 Å². The molecule has 4 rings (SSSR count). The molecule has 174 valence electrons. The molecule has 1 N–H and O–H groups in total. The summed E-state index contributed by atoms with van der Waals surface area (Å²) in [5.74, 6) is 0.692. The summed E-state index contributed by atoms with van der Waals surface area (Å²) < 4.78 is 67.1. The van der Waals surface area contributed by atoms with Gasteiger partial charge in [0.25, 0.3) is 0 Å². The molecule has 0 bridgehead atoms. The highest BCUT2D eigenvalue weighted by molar-refractivity contribution is 7.89. The summed E-state index contributed by atoms with van der Waals surface area (Å²) in [6.07, 6.45) is 2.39. The van der Waals surface area contributed by atoms with Crippen LogP contribution >= 0.6 is 0 Å². The Balaban J connectivity index is 1.62. The highest BCUT2D eigenvalue weighted by Gasteiger charge is 2.34. The number of nitrogens with one attached hydrogen (secondary N) is 1. The first-order valence-corrected chi connectivity index (χ1v) is 12.6. The second-order valence-corrected chi connectivity index (χ2v) is 10.9. The molecular formula is C24H29F3N2O2S. The quantitative estimate of drug-likeness (QED) is 0.591. The number of fused-ring (bicyclic) bond motifs is 1. The van der Waals surface area contributed by atoms with Crippen molar-refractivity contribution in [2.45, 2.75) is 69.1 Å². The molecule has 1 atom stereocenters. The van der Waals surface area contributed by atoms with Crippen molar-refractivity contribution in [1.82, 2.24) is 4.31 Å². The Morgan fingerprint density at radius 3 is 2.38 bits per heavy atom. The van der Waals surface area contributed by atoms with Gasteiger partial charge in [-0.05, 0) is 67.1 Å². The molecule has 0 unspecified atom stereocenters. The van der Waals surface area contributed by atoms with Crippen LogP contribution in [-0.4, -0.2) is 25.3 Å². The zero-order chi connectivity index (χ0) is 22.9. The number of sulfonamides is 1. The molecule has 0 aromatic heterocycles. The van der Waals surface area contributed by atoms with Gasteiger partial charge in [0.2, 0.25) is 10.0 Å². The minimum atomic E-state index is -4.50. The van der Waals surface area contributed by atoms with Crippen molar-refractivity contribution in [2.24, 2.45) is 5.92 Å². The molecule has 0 radical (unpaired) electrons. The van der Waals surface area contributed by atoms with Gasteiger partial charge in [-0.2, -0.15) is 17.5 Å². The van der Waals surface area contributed by atoms with E-state index in [1.165, 1.54) is 30.0 Å². The fourth-order valence-electron chi connectivity index (χ4n) is 4.85. The monoisotopic (exact) mass is 466 g/mol. The Kier molecular flexibility index (Phi) is 6.54. The van der Waals surface area contributed by atoms with Gasteiger partial charge in [0.05, 0.1) is 10.5 Å². The third-order valence-corrected chi connectivity index (χ3v) is 8.57. The zero-order valence-electron chi connectivity index (χ0n) is 18.2. The lowest BCUT2D eigenvalue weighted by atomic mass is 9.98. The first-order valence-electron chi connectivity index (χ1n) is 11.2. The summed E-state index contributed by atoms with van der Waals surface area (Å²) >= 11 is 0. The Morgan fingerprint density at radius 1 is 1.03 bits per heavy atom. The SMILES string of the molecule is Cc1cccc2c1CN(S(=O)(=O)c1ccc(C(F)(F)F)cc1)C[C@H](CCC1CCCC1)N2. The van der Waals surface area contributed by atoms with E-state index in [1.807, 2.05) is 25.1 Å². The Hall–Kier alpha value is -2.06. The zero-order valence-corrected chi connectivity index (χ0v) is 19.0. The van der Waals surface area contributed by atoms with Gasteiger partial charge in [-0.1, -0.05) is 37.8 Å². The van der Waals surface area contributed by atoms with Crippen LogP contribution in [0, 0.1) is 12.8 Å². The highest BCUT2D eigenvalue weighted by Crippen LogP contribution is 2.34. The lowest BCUT2D eigenvalue weighted by Crippen LogP contribution is -2.38. The number of anilines is 1. The van der Waals surface area contributed by atoms with Crippen molar-refractivity contribution in [2.75, 3.05) is 11.9 Å². The van der Waals surface area contributed by atoms with Crippen molar-refractivity contribution in [3.8, 4) is 0 Å². The van der Waals surface area contributed by atoms with Gasteiger partial charge >= 0.3 is 6.18 Å². The molecule has 8 heteroatoms. The van der Waals surface area contributed by atoms with Gasteiger partial charge in [-0.3, -0.25) is 0 Å². The van der Waals surface area contributed by atoms with Gasteiger partial charge in [0.1, 0.15) is 0 Å². The Labute approximate surface area is 187 Å². The molecule has 2 aromatic carbocycles. The van der Waals surface area contributed by atoms with Crippen LogP contribution in [0.1, 0.15) is 55.2 Å². The molecule has 4 nitrogen and oxygen atoms in total. The average molecular weight is 467 g/mol. The second kappa shape index (κ2) is 9.06. The molecule has 1 fully saturated rings.